The molecular weight excluding hydrogens is 462 g/mol. The number of H-pyrrole nitrogens is 1. The van der Waals surface area contributed by atoms with E-state index in [2.05, 4.69) is 20.6 Å². The molecule has 3 amide bonds. The van der Waals surface area contributed by atoms with Gasteiger partial charge in [-0.05, 0) is 51.8 Å². The number of aryl methyl sites for hydroxylation is 1. The van der Waals surface area contributed by atoms with Gasteiger partial charge in [-0.1, -0.05) is 18.2 Å². The molecule has 190 valence electrons. The summed E-state index contributed by atoms with van der Waals surface area (Å²) in [6.07, 6.45) is 0.975. The van der Waals surface area contributed by atoms with E-state index in [1.165, 1.54) is 0 Å². The highest BCUT2D eigenvalue weighted by Gasteiger charge is 2.27. The van der Waals surface area contributed by atoms with Crippen molar-refractivity contribution >= 4 is 34.4 Å². The molecule has 0 saturated carbocycles. The van der Waals surface area contributed by atoms with Gasteiger partial charge in [0, 0.05) is 24.7 Å². The summed E-state index contributed by atoms with van der Waals surface area (Å²) in [7, 11) is 0. The molecule has 3 aromatic rings. The van der Waals surface area contributed by atoms with Gasteiger partial charge in [0.2, 0.25) is 5.91 Å². The van der Waals surface area contributed by atoms with Gasteiger partial charge in [0.05, 0.1) is 22.9 Å². The molecular formula is C26H31N5O5. The first-order chi connectivity index (χ1) is 17.3. The van der Waals surface area contributed by atoms with Crippen LogP contribution in [0.3, 0.4) is 0 Å². The number of aromatic amines is 1. The third-order valence-corrected chi connectivity index (χ3v) is 6.11. The Balaban J connectivity index is 1.58. The number of ether oxygens (including phenoxy) is 1. The first-order valence-electron chi connectivity index (χ1n) is 12.0. The minimum Gasteiger partial charge on any atom is -0.488 e. The normalized spacial score (nSPS) is 14.2. The zero-order valence-corrected chi connectivity index (χ0v) is 20.6. The number of anilines is 1. The van der Waals surface area contributed by atoms with Crippen LogP contribution in [0, 0.1) is 6.92 Å². The summed E-state index contributed by atoms with van der Waals surface area (Å²) in [6.45, 7) is 5.95. The van der Waals surface area contributed by atoms with Gasteiger partial charge >= 0.3 is 0 Å². The molecule has 0 bridgehead atoms. The smallest absolute Gasteiger partial charge is 0.271 e. The summed E-state index contributed by atoms with van der Waals surface area (Å²) < 4.78 is 6.03. The molecule has 1 aromatic carbocycles. The topological polar surface area (TPSA) is 137 Å². The summed E-state index contributed by atoms with van der Waals surface area (Å²) in [6, 6.07) is 10.5. The first kappa shape index (κ1) is 25.2. The van der Waals surface area contributed by atoms with Crippen molar-refractivity contribution in [2.24, 2.45) is 0 Å². The van der Waals surface area contributed by atoms with E-state index in [0.717, 1.165) is 0 Å². The molecule has 3 heterocycles. The molecule has 4 N–H and O–H groups in total. The fourth-order valence-corrected chi connectivity index (χ4v) is 4.24. The second-order valence-electron chi connectivity index (χ2n) is 9.12. The largest absolute Gasteiger partial charge is 0.488 e. The molecule has 36 heavy (non-hydrogen) atoms. The maximum Gasteiger partial charge on any atom is 0.271 e. The fraction of sp³-hybridized carbons (Fsp3) is 0.385. The summed E-state index contributed by atoms with van der Waals surface area (Å²) in [4.78, 5) is 46.9. The summed E-state index contributed by atoms with van der Waals surface area (Å²) in [5, 5.41) is 15.6. The van der Waals surface area contributed by atoms with Crippen LogP contribution >= 0.6 is 0 Å². The third-order valence-electron chi connectivity index (χ3n) is 6.11. The van der Waals surface area contributed by atoms with Crippen molar-refractivity contribution in [1.29, 1.82) is 0 Å². The molecule has 0 atom stereocenters. The Morgan fingerprint density at radius 3 is 2.50 bits per heavy atom. The van der Waals surface area contributed by atoms with Crippen LogP contribution in [-0.4, -0.2) is 69.5 Å². The molecule has 4 rings (SSSR count). The molecule has 0 aliphatic carbocycles. The second-order valence-corrected chi connectivity index (χ2v) is 9.12. The van der Waals surface area contributed by atoms with Crippen LogP contribution in [0.4, 0.5) is 5.69 Å². The zero-order chi connectivity index (χ0) is 25.8. The summed E-state index contributed by atoms with van der Waals surface area (Å²) in [5.41, 5.74) is 2.38. The van der Waals surface area contributed by atoms with E-state index in [4.69, 9.17) is 9.84 Å². The van der Waals surface area contributed by atoms with Crippen molar-refractivity contribution in [1.82, 2.24) is 20.2 Å². The molecule has 1 aliphatic rings. The van der Waals surface area contributed by atoms with Gasteiger partial charge in [0.15, 0.2) is 5.75 Å². The van der Waals surface area contributed by atoms with E-state index in [1.54, 1.807) is 42.2 Å². The SMILES string of the molecule is Cc1nc2[nH]c(C(=O)NC3CCN(C(=O)CO)CC3)c(OC(C)C)c2cc1NC(=O)c1ccccc1. The minimum absolute atomic E-state index is 0.117. The van der Waals surface area contributed by atoms with Crippen molar-refractivity contribution in [3.8, 4) is 5.75 Å². The Morgan fingerprint density at radius 2 is 1.86 bits per heavy atom. The van der Waals surface area contributed by atoms with E-state index in [9.17, 15) is 14.4 Å². The summed E-state index contributed by atoms with van der Waals surface area (Å²) in [5.74, 6) is -0.526. The average molecular weight is 494 g/mol. The number of aliphatic hydroxyl groups excluding tert-OH is 1. The van der Waals surface area contributed by atoms with Crippen LogP contribution in [0.2, 0.25) is 0 Å². The summed E-state index contributed by atoms with van der Waals surface area (Å²) >= 11 is 0. The van der Waals surface area contributed by atoms with E-state index >= 15 is 0 Å². The highest BCUT2D eigenvalue weighted by atomic mass is 16.5. The van der Waals surface area contributed by atoms with Crippen molar-refractivity contribution < 1.29 is 24.2 Å². The lowest BCUT2D eigenvalue weighted by Gasteiger charge is -2.32. The van der Waals surface area contributed by atoms with Crippen LogP contribution in [0.1, 0.15) is 53.2 Å². The lowest BCUT2D eigenvalue weighted by Crippen LogP contribution is -2.47. The fourth-order valence-electron chi connectivity index (χ4n) is 4.24. The van der Waals surface area contributed by atoms with Crippen LogP contribution < -0.4 is 15.4 Å². The lowest BCUT2D eigenvalue weighted by atomic mass is 10.0. The third kappa shape index (κ3) is 5.49. The number of piperidine rings is 1. The number of hydrogen-bond donors (Lipinski definition) is 4. The second kappa shape index (κ2) is 10.8. The number of carbonyl (C=O) groups is 3. The molecule has 2 aromatic heterocycles. The van der Waals surface area contributed by atoms with Crippen molar-refractivity contribution in [3.05, 3.63) is 53.3 Å². The zero-order valence-electron chi connectivity index (χ0n) is 20.6. The molecule has 1 aliphatic heterocycles. The number of aliphatic hydroxyl groups is 1. The van der Waals surface area contributed by atoms with E-state index in [1.807, 2.05) is 19.9 Å². The van der Waals surface area contributed by atoms with Crippen LogP contribution in [0.5, 0.6) is 5.75 Å². The van der Waals surface area contributed by atoms with Gasteiger partial charge in [0.25, 0.3) is 11.8 Å². The van der Waals surface area contributed by atoms with E-state index in [-0.39, 0.29) is 35.6 Å². The Bertz CT molecular complexity index is 1260. The standard InChI is InChI=1S/C26H31N5O5/c1-15(2)36-23-19-13-20(29-25(34)17-7-5-4-6-8-17)16(3)27-24(19)30-22(23)26(35)28-18-9-11-31(12-10-18)21(33)14-32/h4-8,13,15,18,32H,9-12,14H2,1-3H3,(H,27,30)(H,28,35)(H,29,34). The van der Waals surface area contributed by atoms with Gasteiger partial charge in [-0.2, -0.15) is 0 Å². The van der Waals surface area contributed by atoms with Gasteiger partial charge < -0.3 is 30.4 Å². The van der Waals surface area contributed by atoms with Crippen molar-refractivity contribution in [2.75, 3.05) is 25.0 Å². The number of rotatable bonds is 7. The Kier molecular flexibility index (Phi) is 7.54. The number of nitrogens with zero attached hydrogens (tertiary/aromatic N) is 2. The van der Waals surface area contributed by atoms with Gasteiger partial charge in [-0.3, -0.25) is 14.4 Å². The molecule has 0 radical (unpaired) electrons. The number of fused-ring (bicyclic) bond motifs is 1. The first-order valence-corrected chi connectivity index (χ1v) is 12.0. The maximum absolute atomic E-state index is 13.2. The van der Waals surface area contributed by atoms with E-state index in [0.29, 0.717) is 59.7 Å². The number of benzene rings is 1. The minimum atomic E-state index is -0.512. The van der Waals surface area contributed by atoms with E-state index < -0.39 is 6.61 Å². The van der Waals surface area contributed by atoms with Crippen LogP contribution in [-0.2, 0) is 4.79 Å². The number of hydrogen-bond acceptors (Lipinski definition) is 6. The molecule has 1 fully saturated rings. The number of likely N-dealkylation sites (tertiary alicyclic amines) is 1. The Hall–Kier alpha value is -3.92. The molecule has 10 nitrogen and oxygen atoms in total. The van der Waals surface area contributed by atoms with Crippen molar-refractivity contribution in [2.45, 2.75) is 45.8 Å². The Labute approximate surface area is 209 Å². The number of amides is 3. The van der Waals surface area contributed by atoms with Crippen LogP contribution in [0.25, 0.3) is 11.0 Å². The predicted molar refractivity (Wildman–Crippen MR) is 135 cm³/mol. The van der Waals surface area contributed by atoms with Gasteiger partial charge in [-0.15, -0.1) is 0 Å². The highest BCUT2D eigenvalue weighted by molar-refractivity contribution is 6.07. The highest BCUT2D eigenvalue weighted by Crippen LogP contribution is 2.33. The monoisotopic (exact) mass is 493 g/mol. The number of pyridine rings is 1. The lowest BCUT2D eigenvalue weighted by molar-refractivity contribution is -0.135. The number of nitrogens with one attached hydrogen (secondary N) is 3. The predicted octanol–water partition coefficient (Wildman–Crippen LogP) is 2.62. The van der Waals surface area contributed by atoms with Gasteiger partial charge in [0.1, 0.15) is 17.9 Å². The molecule has 0 unspecified atom stereocenters. The van der Waals surface area contributed by atoms with Gasteiger partial charge in [-0.25, -0.2) is 4.98 Å². The van der Waals surface area contributed by atoms with Crippen LogP contribution in [0.15, 0.2) is 36.4 Å². The molecule has 0 spiro atoms. The van der Waals surface area contributed by atoms with Crippen molar-refractivity contribution in [3.63, 3.8) is 0 Å². The quantitative estimate of drug-likeness (QED) is 0.399. The number of aromatic nitrogens is 2. The number of carbonyl (C=O) groups excluding carboxylic acids is 3. The average Bonchev–Trinajstić information content (AvgIpc) is 3.21. The Morgan fingerprint density at radius 1 is 1.17 bits per heavy atom. The molecule has 10 heteroatoms. The molecule has 1 saturated heterocycles. The maximum atomic E-state index is 13.2.